The number of piperidine rings is 1. The molecule has 2 aromatic rings. The molecule has 2 fully saturated rings. The zero-order valence-corrected chi connectivity index (χ0v) is 18.9. The molecule has 13 heteroatoms. The Hall–Kier alpha value is -3.45. The molecule has 34 heavy (non-hydrogen) atoms. The highest BCUT2D eigenvalue weighted by atomic mass is 32.2. The summed E-state index contributed by atoms with van der Waals surface area (Å²) in [7, 11) is -4.06. The maximum Gasteiger partial charge on any atom is 0.274 e. The normalized spacial score (nSPS) is 21.6. The van der Waals surface area contributed by atoms with Crippen LogP contribution in [0.3, 0.4) is 0 Å². The van der Waals surface area contributed by atoms with Gasteiger partial charge in [0.15, 0.2) is 0 Å². The van der Waals surface area contributed by atoms with E-state index in [0.717, 1.165) is 28.6 Å². The summed E-state index contributed by atoms with van der Waals surface area (Å²) in [6, 6.07) is 2.36. The van der Waals surface area contributed by atoms with Gasteiger partial charge >= 0.3 is 0 Å². The Labute approximate surface area is 195 Å². The van der Waals surface area contributed by atoms with Crippen molar-refractivity contribution in [1.82, 2.24) is 29.8 Å². The van der Waals surface area contributed by atoms with Gasteiger partial charge in [-0.15, -0.1) is 0 Å². The average Bonchev–Trinajstić information content (AvgIpc) is 2.85. The van der Waals surface area contributed by atoms with Crippen LogP contribution in [0, 0.1) is 5.82 Å². The number of nitrogens with one attached hydrogen (secondary N) is 2. The van der Waals surface area contributed by atoms with Gasteiger partial charge in [0, 0.05) is 38.6 Å². The minimum atomic E-state index is -4.06. The van der Waals surface area contributed by atoms with E-state index < -0.39 is 39.7 Å². The molecule has 3 amide bonds. The summed E-state index contributed by atoms with van der Waals surface area (Å²) in [6.07, 6.45) is 5.10. The van der Waals surface area contributed by atoms with Crippen LogP contribution < -0.4 is 10.6 Å². The molecule has 0 aliphatic carbocycles. The largest absolute Gasteiger partial charge is 0.354 e. The smallest absolute Gasteiger partial charge is 0.274 e. The first-order valence-electron chi connectivity index (χ1n) is 10.7. The molecule has 2 saturated heterocycles. The number of rotatable bonds is 5. The third kappa shape index (κ3) is 4.89. The number of carbonyl (C=O) groups excluding carboxylic acids is 3. The molecule has 0 unspecified atom stereocenters. The van der Waals surface area contributed by atoms with E-state index in [9.17, 15) is 27.2 Å². The van der Waals surface area contributed by atoms with Crippen molar-refractivity contribution in [1.29, 1.82) is 0 Å². The highest BCUT2D eigenvalue weighted by molar-refractivity contribution is 7.89. The Kier molecular flexibility index (Phi) is 6.84. The standard InChI is InChI=1S/C21H23FN6O5S/c22-14-3-5-15(6-4-14)34(32,33)27-10-11-28(21(31)17-12-23-8-9-24-17)18(13-27)20(30)26-16-2-1-7-25-19(16)29/h3-6,8-9,12,16,18H,1-2,7,10-11,13H2,(H,25,29)(H,26,30)/t16-,18-/m0/s1. The van der Waals surface area contributed by atoms with Crippen LogP contribution >= 0.6 is 0 Å². The summed E-state index contributed by atoms with van der Waals surface area (Å²) >= 11 is 0. The zero-order chi connectivity index (χ0) is 24.3. The van der Waals surface area contributed by atoms with Crippen LogP contribution in [0.5, 0.6) is 0 Å². The summed E-state index contributed by atoms with van der Waals surface area (Å²) < 4.78 is 40.6. The molecule has 3 heterocycles. The Morgan fingerprint density at radius 2 is 1.91 bits per heavy atom. The first-order valence-corrected chi connectivity index (χ1v) is 12.1. The van der Waals surface area contributed by atoms with E-state index in [0.29, 0.717) is 19.4 Å². The van der Waals surface area contributed by atoms with E-state index in [4.69, 9.17) is 0 Å². The van der Waals surface area contributed by atoms with E-state index in [1.807, 2.05) is 0 Å². The molecular weight excluding hydrogens is 467 g/mol. The Morgan fingerprint density at radius 3 is 2.59 bits per heavy atom. The van der Waals surface area contributed by atoms with Crippen molar-refractivity contribution >= 4 is 27.7 Å². The lowest BCUT2D eigenvalue weighted by Gasteiger charge is -2.40. The van der Waals surface area contributed by atoms with E-state index in [2.05, 4.69) is 20.6 Å². The summed E-state index contributed by atoms with van der Waals surface area (Å²) in [5, 5.41) is 5.31. The van der Waals surface area contributed by atoms with Crippen molar-refractivity contribution < 1.29 is 27.2 Å². The highest BCUT2D eigenvalue weighted by Gasteiger charge is 2.41. The summed E-state index contributed by atoms with van der Waals surface area (Å²) in [6.45, 7) is -0.00825. The maximum absolute atomic E-state index is 13.3. The van der Waals surface area contributed by atoms with Crippen LogP contribution in [0.25, 0.3) is 0 Å². The summed E-state index contributed by atoms with van der Waals surface area (Å²) in [5.41, 5.74) is 0.00514. The number of piperazine rings is 1. The fourth-order valence-electron chi connectivity index (χ4n) is 3.93. The second-order valence-corrected chi connectivity index (χ2v) is 9.85. The molecule has 2 N–H and O–H groups in total. The van der Waals surface area contributed by atoms with Gasteiger partial charge in [-0.2, -0.15) is 4.31 Å². The van der Waals surface area contributed by atoms with E-state index in [1.54, 1.807) is 0 Å². The fraction of sp³-hybridized carbons (Fsp3) is 0.381. The van der Waals surface area contributed by atoms with Crippen molar-refractivity contribution in [3.63, 3.8) is 0 Å². The average molecular weight is 491 g/mol. The van der Waals surface area contributed by atoms with Crippen LogP contribution in [0.4, 0.5) is 4.39 Å². The Balaban J connectivity index is 1.60. The maximum atomic E-state index is 13.3. The molecule has 2 aliphatic heterocycles. The number of carbonyl (C=O) groups is 3. The number of hydrogen-bond acceptors (Lipinski definition) is 7. The van der Waals surface area contributed by atoms with Crippen LogP contribution in [-0.4, -0.2) is 83.6 Å². The molecule has 2 aliphatic rings. The summed E-state index contributed by atoms with van der Waals surface area (Å²) in [5.74, 6) is -2.15. The minimum Gasteiger partial charge on any atom is -0.354 e. The van der Waals surface area contributed by atoms with E-state index in [1.165, 1.54) is 23.5 Å². The van der Waals surface area contributed by atoms with Gasteiger partial charge in [0.1, 0.15) is 23.6 Å². The molecule has 4 rings (SSSR count). The molecule has 180 valence electrons. The lowest BCUT2D eigenvalue weighted by molar-refractivity contribution is -0.133. The first kappa shape index (κ1) is 23.7. The Bertz CT molecular complexity index is 1180. The predicted octanol–water partition coefficient (Wildman–Crippen LogP) is -0.474. The second kappa shape index (κ2) is 9.81. The number of hydrogen-bond donors (Lipinski definition) is 2. The van der Waals surface area contributed by atoms with Gasteiger partial charge in [-0.1, -0.05) is 0 Å². The Morgan fingerprint density at radius 1 is 1.15 bits per heavy atom. The molecule has 2 atom stereocenters. The van der Waals surface area contributed by atoms with Crippen LogP contribution in [0.1, 0.15) is 23.3 Å². The summed E-state index contributed by atoms with van der Waals surface area (Å²) in [4.78, 5) is 47.4. The van der Waals surface area contributed by atoms with Gasteiger partial charge in [-0.3, -0.25) is 19.4 Å². The molecule has 11 nitrogen and oxygen atoms in total. The van der Waals surface area contributed by atoms with Gasteiger partial charge in [-0.25, -0.2) is 17.8 Å². The van der Waals surface area contributed by atoms with E-state index >= 15 is 0 Å². The van der Waals surface area contributed by atoms with Crippen molar-refractivity contribution in [2.45, 2.75) is 29.8 Å². The van der Waals surface area contributed by atoms with Crippen LogP contribution in [0.15, 0.2) is 47.8 Å². The molecule has 0 bridgehead atoms. The van der Waals surface area contributed by atoms with Crippen molar-refractivity contribution in [2.24, 2.45) is 0 Å². The topological polar surface area (TPSA) is 142 Å². The minimum absolute atomic E-state index is 0.00514. The van der Waals surface area contributed by atoms with Gasteiger partial charge in [-0.05, 0) is 37.1 Å². The zero-order valence-electron chi connectivity index (χ0n) is 18.1. The van der Waals surface area contributed by atoms with Crippen molar-refractivity contribution in [3.8, 4) is 0 Å². The quantitative estimate of drug-likeness (QED) is 0.577. The molecular formula is C21H23FN6O5S. The molecule has 1 aromatic heterocycles. The number of nitrogens with zero attached hydrogens (tertiary/aromatic N) is 4. The fourth-order valence-corrected chi connectivity index (χ4v) is 5.37. The van der Waals surface area contributed by atoms with Gasteiger partial charge in [0.05, 0.1) is 11.1 Å². The number of aromatic nitrogens is 2. The second-order valence-electron chi connectivity index (χ2n) is 7.92. The van der Waals surface area contributed by atoms with E-state index in [-0.39, 0.29) is 36.1 Å². The highest BCUT2D eigenvalue weighted by Crippen LogP contribution is 2.22. The van der Waals surface area contributed by atoms with Gasteiger partial charge < -0.3 is 15.5 Å². The lowest BCUT2D eigenvalue weighted by Crippen LogP contribution is -2.63. The molecule has 0 radical (unpaired) electrons. The third-order valence-electron chi connectivity index (χ3n) is 5.74. The lowest BCUT2D eigenvalue weighted by atomic mass is 10.1. The van der Waals surface area contributed by atoms with Crippen LogP contribution in [-0.2, 0) is 19.6 Å². The van der Waals surface area contributed by atoms with Crippen molar-refractivity contribution in [2.75, 3.05) is 26.2 Å². The number of halogens is 1. The van der Waals surface area contributed by atoms with Crippen molar-refractivity contribution in [3.05, 3.63) is 54.4 Å². The SMILES string of the molecule is O=C1NCCC[C@@H]1NC(=O)[C@@H]1CN(S(=O)(=O)c2ccc(F)cc2)CCN1C(=O)c1cnccn1. The molecule has 1 aromatic carbocycles. The first-order chi connectivity index (χ1) is 16.3. The monoisotopic (exact) mass is 490 g/mol. The number of amides is 3. The molecule has 0 saturated carbocycles. The number of benzene rings is 1. The van der Waals surface area contributed by atoms with Gasteiger partial charge in [0.2, 0.25) is 21.8 Å². The van der Waals surface area contributed by atoms with Gasteiger partial charge in [0.25, 0.3) is 5.91 Å². The van der Waals surface area contributed by atoms with Crippen LogP contribution in [0.2, 0.25) is 0 Å². The third-order valence-corrected chi connectivity index (χ3v) is 7.62. The number of sulfonamides is 1. The molecule has 0 spiro atoms. The predicted molar refractivity (Wildman–Crippen MR) is 116 cm³/mol.